The van der Waals surface area contributed by atoms with Crippen molar-refractivity contribution in [2.24, 2.45) is 5.41 Å². The third-order valence-corrected chi connectivity index (χ3v) is 4.11. The minimum absolute atomic E-state index is 0.149. The molecule has 1 amide bonds. The first-order valence-electron chi connectivity index (χ1n) is 6.09. The molecule has 1 saturated heterocycles. The van der Waals surface area contributed by atoms with E-state index in [2.05, 4.69) is 4.98 Å². The van der Waals surface area contributed by atoms with Gasteiger partial charge in [-0.2, -0.15) is 0 Å². The van der Waals surface area contributed by atoms with Crippen molar-refractivity contribution >= 4 is 11.9 Å². The number of carboxylic acid groups (broad SMARTS) is 1. The van der Waals surface area contributed by atoms with Crippen LogP contribution in [0.15, 0.2) is 18.3 Å². The molecule has 1 spiro atoms. The van der Waals surface area contributed by atoms with Gasteiger partial charge in [-0.3, -0.25) is 9.78 Å². The van der Waals surface area contributed by atoms with E-state index >= 15 is 0 Å². The zero-order valence-corrected chi connectivity index (χ0v) is 9.93. The van der Waals surface area contributed by atoms with Crippen molar-refractivity contribution in [1.29, 1.82) is 0 Å². The van der Waals surface area contributed by atoms with E-state index in [0.29, 0.717) is 32.4 Å². The van der Waals surface area contributed by atoms with Gasteiger partial charge in [0, 0.05) is 36.7 Å². The molecule has 5 heteroatoms. The van der Waals surface area contributed by atoms with Gasteiger partial charge in [0.05, 0.1) is 5.69 Å². The van der Waals surface area contributed by atoms with Crippen molar-refractivity contribution in [3.05, 3.63) is 29.6 Å². The Bertz CT molecular complexity index is 519. The Morgan fingerprint density at radius 3 is 2.72 bits per heavy atom. The first-order valence-corrected chi connectivity index (χ1v) is 6.09. The summed E-state index contributed by atoms with van der Waals surface area (Å²) in [5, 5.41) is 8.94. The Balaban J connectivity index is 1.84. The second-order valence-electron chi connectivity index (χ2n) is 5.05. The molecule has 1 aliphatic carbocycles. The highest BCUT2D eigenvalue weighted by Crippen LogP contribution is 2.43. The maximum atomic E-state index is 12.4. The second-order valence-corrected chi connectivity index (χ2v) is 5.05. The molecule has 0 radical (unpaired) electrons. The van der Waals surface area contributed by atoms with Crippen molar-refractivity contribution < 1.29 is 14.7 Å². The minimum Gasteiger partial charge on any atom is -0.465 e. The zero-order chi connectivity index (χ0) is 12.8. The summed E-state index contributed by atoms with van der Waals surface area (Å²) >= 11 is 0. The summed E-state index contributed by atoms with van der Waals surface area (Å²) in [6, 6.07) is 3.60. The molecule has 0 atom stereocenters. The quantitative estimate of drug-likeness (QED) is 0.754. The third-order valence-electron chi connectivity index (χ3n) is 4.11. The molecular formula is C13H14N2O3. The maximum Gasteiger partial charge on any atom is 0.407 e. The second kappa shape index (κ2) is 3.80. The number of carbonyl (C=O) groups is 2. The predicted octanol–water partition coefficient (Wildman–Crippen LogP) is 1.58. The molecule has 0 aromatic carbocycles. The van der Waals surface area contributed by atoms with E-state index in [1.54, 1.807) is 12.3 Å². The van der Waals surface area contributed by atoms with Crippen LogP contribution in [0.25, 0.3) is 0 Å². The number of rotatable bonds is 0. The molecule has 1 aromatic heterocycles. The van der Waals surface area contributed by atoms with Crippen LogP contribution >= 0.6 is 0 Å². The highest BCUT2D eigenvalue weighted by atomic mass is 16.4. The van der Waals surface area contributed by atoms with Gasteiger partial charge in [-0.25, -0.2) is 4.79 Å². The first-order chi connectivity index (χ1) is 8.62. The number of ketones is 1. The van der Waals surface area contributed by atoms with Gasteiger partial charge < -0.3 is 10.0 Å². The number of Topliss-reactive ketones (excluding diaryl/α,β-unsaturated/α-hetero) is 1. The Hall–Kier alpha value is -1.91. The largest absolute Gasteiger partial charge is 0.465 e. The van der Waals surface area contributed by atoms with E-state index < -0.39 is 11.5 Å². The van der Waals surface area contributed by atoms with Crippen LogP contribution in [0.2, 0.25) is 0 Å². The van der Waals surface area contributed by atoms with Gasteiger partial charge >= 0.3 is 6.09 Å². The van der Waals surface area contributed by atoms with E-state index in [9.17, 15) is 9.59 Å². The van der Waals surface area contributed by atoms with Gasteiger partial charge in [0.15, 0.2) is 5.78 Å². The van der Waals surface area contributed by atoms with Crippen LogP contribution in [0, 0.1) is 5.41 Å². The highest BCUT2D eigenvalue weighted by molar-refractivity contribution is 6.04. The van der Waals surface area contributed by atoms with Gasteiger partial charge in [0.1, 0.15) is 0 Å². The minimum atomic E-state index is -0.897. The van der Waals surface area contributed by atoms with Gasteiger partial charge in [-0.1, -0.05) is 0 Å². The zero-order valence-electron chi connectivity index (χ0n) is 9.93. The molecule has 0 unspecified atom stereocenters. The van der Waals surface area contributed by atoms with Gasteiger partial charge in [-0.05, 0) is 25.0 Å². The summed E-state index contributed by atoms with van der Waals surface area (Å²) in [4.78, 5) is 29.0. The van der Waals surface area contributed by atoms with E-state index in [0.717, 1.165) is 11.3 Å². The molecule has 0 saturated carbocycles. The fourth-order valence-electron chi connectivity index (χ4n) is 3.00. The van der Waals surface area contributed by atoms with Crippen LogP contribution in [0.4, 0.5) is 4.79 Å². The number of carbonyl (C=O) groups excluding carboxylic acids is 1. The molecule has 2 aliphatic rings. The smallest absolute Gasteiger partial charge is 0.407 e. The van der Waals surface area contributed by atoms with Crippen LogP contribution in [-0.4, -0.2) is 40.0 Å². The Morgan fingerprint density at radius 2 is 2.11 bits per heavy atom. The van der Waals surface area contributed by atoms with Gasteiger partial charge in [0.2, 0.25) is 0 Å². The SMILES string of the molecule is O=C(O)N1CCC2(CC1)Cc1ncccc1C2=O. The summed E-state index contributed by atoms with van der Waals surface area (Å²) in [5.41, 5.74) is 1.19. The average molecular weight is 246 g/mol. The Labute approximate surface area is 104 Å². The van der Waals surface area contributed by atoms with Crippen molar-refractivity contribution in [2.75, 3.05) is 13.1 Å². The van der Waals surface area contributed by atoms with Crippen molar-refractivity contribution in [2.45, 2.75) is 19.3 Å². The van der Waals surface area contributed by atoms with E-state index in [4.69, 9.17) is 5.11 Å². The molecule has 1 fully saturated rings. The first kappa shape index (κ1) is 11.2. The summed E-state index contributed by atoms with van der Waals surface area (Å²) in [6.45, 7) is 0.879. The number of nitrogens with zero attached hydrogens (tertiary/aromatic N) is 2. The highest BCUT2D eigenvalue weighted by Gasteiger charge is 2.48. The summed E-state index contributed by atoms with van der Waals surface area (Å²) in [5.74, 6) is 0.149. The molecule has 1 N–H and O–H groups in total. The van der Waals surface area contributed by atoms with Gasteiger partial charge in [0.25, 0.3) is 0 Å². The normalized spacial score (nSPS) is 21.1. The monoisotopic (exact) mass is 246 g/mol. The molecule has 0 bridgehead atoms. The van der Waals surface area contributed by atoms with E-state index in [1.165, 1.54) is 4.90 Å². The average Bonchev–Trinajstić information content (AvgIpc) is 2.64. The predicted molar refractivity (Wildman–Crippen MR) is 63.5 cm³/mol. The van der Waals surface area contributed by atoms with E-state index in [1.807, 2.05) is 6.07 Å². The number of hydrogen-bond donors (Lipinski definition) is 1. The molecule has 94 valence electrons. The van der Waals surface area contributed by atoms with E-state index in [-0.39, 0.29) is 5.78 Å². The fraction of sp³-hybridized carbons (Fsp3) is 0.462. The Morgan fingerprint density at radius 1 is 1.39 bits per heavy atom. The van der Waals surface area contributed by atoms with Crippen LogP contribution in [0.3, 0.4) is 0 Å². The molecule has 18 heavy (non-hydrogen) atoms. The van der Waals surface area contributed by atoms with Crippen molar-refractivity contribution in [1.82, 2.24) is 9.88 Å². The third kappa shape index (κ3) is 1.50. The molecule has 5 nitrogen and oxygen atoms in total. The summed E-state index contributed by atoms with van der Waals surface area (Å²) in [6.07, 6.45) is 2.68. The van der Waals surface area contributed by atoms with Crippen LogP contribution in [0.1, 0.15) is 28.9 Å². The van der Waals surface area contributed by atoms with Gasteiger partial charge in [-0.15, -0.1) is 0 Å². The Kier molecular flexibility index (Phi) is 2.36. The van der Waals surface area contributed by atoms with Crippen molar-refractivity contribution in [3.63, 3.8) is 0 Å². The fourth-order valence-corrected chi connectivity index (χ4v) is 3.00. The molecule has 1 aromatic rings. The molecule has 3 rings (SSSR count). The lowest BCUT2D eigenvalue weighted by atomic mass is 9.75. The molecule has 1 aliphatic heterocycles. The number of pyridine rings is 1. The lowest BCUT2D eigenvalue weighted by Gasteiger charge is -2.36. The van der Waals surface area contributed by atoms with Crippen molar-refractivity contribution in [3.8, 4) is 0 Å². The lowest BCUT2D eigenvalue weighted by molar-refractivity contribution is 0.0620. The topological polar surface area (TPSA) is 70.5 Å². The molecule has 2 heterocycles. The van der Waals surface area contributed by atoms with Crippen LogP contribution in [0.5, 0.6) is 0 Å². The number of likely N-dealkylation sites (tertiary alicyclic amines) is 1. The van der Waals surface area contributed by atoms with Crippen LogP contribution < -0.4 is 0 Å². The van der Waals surface area contributed by atoms with Crippen LogP contribution in [-0.2, 0) is 6.42 Å². The number of aromatic nitrogens is 1. The number of amides is 1. The summed E-state index contributed by atoms with van der Waals surface area (Å²) in [7, 11) is 0. The number of hydrogen-bond acceptors (Lipinski definition) is 3. The standard InChI is InChI=1S/C13H14N2O3/c16-11-9-2-1-5-14-10(9)8-13(11)3-6-15(7-4-13)12(17)18/h1-2,5H,3-4,6-8H2,(H,17,18). The maximum absolute atomic E-state index is 12.4. The number of piperidine rings is 1. The summed E-state index contributed by atoms with van der Waals surface area (Å²) < 4.78 is 0. The lowest BCUT2D eigenvalue weighted by Crippen LogP contribution is -2.45. The molecular weight excluding hydrogens is 232 g/mol. The number of fused-ring (bicyclic) bond motifs is 1.